The molecule has 1 unspecified atom stereocenters. The van der Waals surface area contributed by atoms with Crippen molar-refractivity contribution in [1.82, 2.24) is 0 Å². The van der Waals surface area contributed by atoms with E-state index in [2.05, 4.69) is 4.74 Å². The highest BCUT2D eigenvalue weighted by Gasteiger charge is 2.89. The van der Waals surface area contributed by atoms with Gasteiger partial charge in [0.05, 0.1) is 0 Å². The molecule has 1 aliphatic heterocycles. The van der Waals surface area contributed by atoms with Gasteiger partial charge in [-0.15, -0.1) is 0 Å². The third kappa shape index (κ3) is 1.15. The Bertz CT molecular complexity index is 213. The van der Waals surface area contributed by atoms with Gasteiger partial charge in [0, 0.05) is 22.6 Å². The normalized spacial score (nSPS) is 40.6. The van der Waals surface area contributed by atoms with Crippen molar-refractivity contribution in [2.75, 3.05) is 0 Å². The van der Waals surface area contributed by atoms with Crippen LogP contribution in [0, 0.1) is 0 Å². The average Bonchev–Trinajstić information content (AvgIpc) is 1.88. The lowest BCUT2D eigenvalue weighted by molar-refractivity contribution is -0.329. The summed E-state index contributed by atoms with van der Waals surface area (Å²) in [6.45, 7) is 0. The van der Waals surface area contributed by atoms with E-state index in [1.165, 1.54) is 0 Å². The summed E-state index contributed by atoms with van der Waals surface area (Å²) in [4.78, 5) is 0. The lowest BCUT2D eigenvalue weighted by atomic mass is 10.2. The van der Waals surface area contributed by atoms with E-state index in [0.29, 0.717) is 0 Å². The third-order valence-corrected chi connectivity index (χ3v) is 2.28. The fraction of sp³-hybridized carbons (Fsp3) is 1.00. The molecule has 0 aromatic carbocycles. The summed E-state index contributed by atoms with van der Waals surface area (Å²) in [5.74, 6) is -11.4. The highest BCUT2D eigenvalue weighted by molar-refractivity contribution is 14.1. The molecule has 0 amide bonds. The molecule has 1 nitrogen and oxygen atoms in total. The molecular weight excluding hydrogens is 324 g/mol. The van der Waals surface area contributed by atoms with Crippen LogP contribution in [-0.4, -0.2) is 21.8 Å². The molecule has 0 spiro atoms. The Morgan fingerprint density at radius 2 is 1.15 bits per heavy atom. The SMILES string of the molecule is FC1(F)OC(F)(I)C(F)(F)C1(F)F. The molecule has 9 heteroatoms. The summed E-state index contributed by atoms with van der Waals surface area (Å²) in [5, 5.41) is 0. The van der Waals surface area contributed by atoms with Crippen LogP contribution < -0.4 is 0 Å². The largest absolute Gasteiger partial charge is 0.429 e. The van der Waals surface area contributed by atoms with Crippen molar-refractivity contribution in [2.45, 2.75) is 21.8 Å². The van der Waals surface area contributed by atoms with Crippen molar-refractivity contribution < 1.29 is 35.5 Å². The van der Waals surface area contributed by atoms with Crippen molar-refractivity contribution in [3.63, 3.8) is 0 Å². The zero-order chi connectivity index (χ0) is 10.7. The predicted molar refractivity (Wildman–Crippen MR) is 33.8 cm³/mol. The maximum atomic E-state index is 12.4. The van der Waals surface area contributed by atoms with Crippen LogP contribution in [0.1, 0.15) is 0 Å². The van der Waals surface area contributed by atoms with Crippen LogP contribution in [0.3, 0.4) is 0 Å². The summed E-state index contributed by atoms with van der Waals surface area (Å²) in [7, 11) is 0. The molecule has 1 saturated heterocycles. The molecule has 1 fully saturated rings. The smallest absolute Gasteiger partial charge is 0.264 e. The van der Waals surface area contributed by atoms with Gasteiger partial charge in [0.25, 0.3) is 0 Å². The number of rotatable bonds is 0. The predicted octanol–water partition coefficient (Wildman–Crippen LogP) is 2.94. The molecule has 13 heavy (non-hydrogen) atoms. The van der Waals surface area contributed by atoms with Crippen LogP contribution in [-0.2, 0) is 4.74 Å². The van der Waals surface area contributed by atoms with Gasteiger partial charge in [-0.1, -0.05) is 0 Å². The second kappa shape index (κ2) is 2.41. The van der Waals surface area contributed by atoms with E-state index in [1.807, 2.05) is 0 Å². The van der Waals surface area contributed by atoms with Gasteiger partial charge in [0.2, 0.25) is 0 Å². The van der Waals surface area contributed by atoms with E-state index in [9.17, 15) is 30.7 Å². The number of halogens is 8. The average molecular weight is 324 g/mol. The van der Waals surface area contributed by atoms with Gasteiger partial charge in [-0.05, 0) is 0 Å². The zero-order valence-corrected chi connectivity index (χ0v) is 7.59. The van der Waals surface area contributed by atoms with E-state index in [-0.39, 0.29) is 22.6 Å². The Hall–Kier alpha value is 0.200. The van der Waals surface area contributed by atoms with E-state index in [4.69, 9.17) is 0 Å². The van der Waals surface area contributed by atoms with Crippen LogP contribution >= 0.6 is 22.6 Å². The minimum absolute atomic E-state index is 0.0605. The lowest BCUT2D eigenvalue weighted by Crippen LogP contribution is -2.50. The Morgan fingerprint density at radius 1 is 0.769 bits per heavy atom. The van der Waals surface area contributed by atoms with E-state index >= 15 is 0 Å². The Balaban J connectivity index is 3.24. The fourth-order valence-electron chi connectivity index (χ4n) is 0.655. The van der Waals surface area contributed by atoms with E-state index < -0.39 is 21.8 Å². The van der Waals surface area contributed by atoms with Gasteiger partial charge in [-0.25, -0.2) is 0 Å². The highest BCUT2D eigenvalue weighted by Crippen LogP contribution is 2.62. The minimum Gasteiger partial charge on any atom is -0.264 e. The Morgan fingerprint density at radius 3 is 1.23 bits per heavy atom. The van der Waals surface area contributed by atoms with Crippen molar-refractivity contribution in [3.05, 3.63) is 0 Å². The zero-order valence-electron chi connectivity index (χ0n) is 5.43. The van der Waals surface area contributed by atoms with Crippen LogP contribution in [0.4, 0.5) is 30.7 Å². The first-order chi connectivity index (χ1) is 5.46. The van der Waals surface area contributed by atoms with E-state index in [1.54, 1.807) is 0 Å². The Kier molecular flexibility index (Phi) is 2.09. The first kappa shape index (κ1) is 11.3. The maximum Gasteiger partial charge on any atom is 0.429 e. The maximum absolute atomic E-state index is 12.4. The van der Waals surface area contributed by atoms with Crippen LogP contribution in [0.15, 0.2) is 0 Å². The lowest BCUT2D eigenvalue weighted by Gasteiger charge is -2.21. The highest BCUT2D eigenvalue weighted by atomic mass is 127. The molecule has 78 valence electrons. The molecule has 0 aromatic rings. The first-order valence-corrected chi connectivity index (χ1v) is 3.75. The molecule has 0 aliphatic carbocycles. The minimum atomic E-state index is -5.85. The quantitative estimate of drug-likeness (QED) is 0.378. The number of alkyl halides is 8. The summed E-state index contributed by atoms with van der Waals surface area (Å²) in [6.07, 6.45) is -5.51. The summed E-state index contributed by atoms with van der Waals surface area (Å²) in [5.41, 5.74) is 0. The second-order valence-corrected chi connectivity index (χ2v) is 3.67. The van der Waals surface area contributed by atoms with Crippen LogP contribution in [0.2, 0.25) is 0 Å². The summed E-state index contributed by atoms with van der Waals surface area (Å²) in [6, 6.07) is 0. The topological polar surface area (TPSA) is 9.23 Å². The molecule has 0 radical (unpaired) electrons. The summed E-state index contributed by atoms with van der Waals surface area (Å²) < 4.78 is 83.5. The molecular formula is C4F7IO. The van der Waals surface area contributed by atoms with Gasteiger partial charge in [0.1, 0.15) is 0 Å². The first-order valence-electron chi connectivity index (χ1n) is 2.67. The van der Waals surface area contributed by atoms with Crippen LogP contribution in [0.5, 0.6) is 0 Å². The molecule has 0 saturated carbocycles. The van der Waals surface area contributed by atoms with Gasteiger partial charge < -0.3 is 0 Å². The Labute approximate surface area is 80.4 Å². The fourth-order valence-corrected chi connectivity index (χ4v) is 1.27. The molecule has 0 aromatic heterocycles. The van der Waals surface area contributed by atoms with Gasteiger partial charge in [0.15, 0.2) is 0 Å². The van der Waals surface area contributed by atoms with E-state index in [0.717, 1.165) is 0 Å². The molecule has 1 heterocycles. The van der Waals surface area contributed by atoms with Crippen molar-refractivity contribution in [2.24, 2.45) is 0 Å². The number of hydrogen-bond donors (Lipinski definition) is 0. The van der Waals surface area contributed by atoms with Gasteiger partial charge in [-0.2, -0.15) is 30.7 Å². The van der Waals surface area contributed by atoms with Gasteiger partial charge in [-0.3, -0.25) is 4.74 Å². The van der Waals surface area contributed by atoms with Gasteiger partial charge >= 0.3 is 21.8 Å². The third-order valence-electron chi connectivity index (χ3n) is 1.38. The summed E-state index contributed by atoms with van der Waals surface area (Å²) >= 11 is 0.0605. The molecule has 1 aliphatic rings. The van der Waals surface area contributed by atoms with Crippen molar-refractivity contribution in [3.8, 4) is 0 Å². The molecule has 0 bridgehead atoms. The van der Waals surface area contributed by atoms with Crippen molar-refractivity contribution in [1.29, 1.82) is 0 Å². The van der Waals surface area contributed by atoms with Crippen molar-refractivity contribution >= 4 is 22.6 Å². The number of ether oxygens (including phenoxy) is 1. The standard InChI is InChI=1S/C4F7IO/c5-1(6)2(7,8)4(11,12)13-3(1,9)10. The molecule has 1 rings (SSSR count). The monoisotopic (exact) mass is 324 g/mol. The molecule has 1 atom stereocenters. The molecule has 0 N–H and O–H groups in total. The number of hydrogen-bond acceptors (Lipinski definition) is 1. The second-order valence-electron chi connectivity index (χ2n) is 2.28. The van der Waals surface area contributed by atoms with Crippen LogP contribution in [0.25, 0.3) is 0 Å².